The van der Waals surface area contributed by atoms with Crippen molar-refractivity contribution in [1.82, 2.24) is 0 Å². The van der Waals surface area contributed by atoms with E-state index in [-0.39, 0.29) is 10.6 Å². The molecular weight excluding hydrogens is 365 g/mol. The molecule has 5 nitrogen and oxygen atoms in total. The second-order valence-corrected chi connectivity index (χ2v) is 5.92. The molecule has 0 aliphatic carbocycles. The van der Waals surface area contributed by atoms with Crippen molar-refractivity contribution in [1.29, 1.82) is 0 Å². The molecule has 0 radical (unpaired) electrons. The third-order valence-corrected chi connectivity index (χ3v) is 4.07. The normalized spacial score (nSPS) is 10.4. The lowest BCUT2D eigenvalue weighted by Crippen LogP contribution is -2.05. The highest BCUT2D eigenvalue weighted by atomic mass is 35.5. The van der Waals surface area contributed by atoms with E-state index in [1.54, 1.807) is 18.2 Å². The van der Waals surface area contributed by atoms with Crippen molar-refractivity contribution in [3.8, 4) is 11.5 Å². The Morgan fingerprint density at radius 3 is 2.28 bits per heavy atom. The molecule has 0 aromatic heterocycles. The molecule has 0 bridgehead atoms. The summed E-state index contributed by atoms with van der Waals surface area (Å²) in [5.74, 6) is 0.136. The average molecular weight is 384 g/mol. The van der Waals surface area contributed by atoms with Gasteiger partial charge in [-0.25, -0.2) is 4.79 Å². The SMILES string of the molecule is CCOc1cc(Cl)c(CNc2ccc(Cl)c(C(=O)O)c2)cc1OCC. The zero-order valence-electron chi connectivity index (χ0n) is 13.9. The van der Waals surface area contributed by atoms with Gasteiger partial charge in [-0.15, -0.1) is 0 Å². The molecule has 0 amide bonds. The van der Waals surface area contributed by atoms with Gasteiger partial charge in [-0.2, -0.15) is 0 Å². The van der Waals surface area contributed by atoms with E-state index in [2.05, 4.69) is 5.32 Å². The maximum Gasteiger partial charge on any atom is 0.337 e. The highest BCUT2D eigenvalue weighted by molar-refractivity contribution is 6.33. The number of carboxylic acid groups (broad SMARTS) is 1. The second-order valence-electron chi connectivity index (χ2n) is 5.11. The third kappa shape index (κ3) is 4.94. The number of benzene rings is 2. The molecule has 0 saturated heterocycles. The summed E-state index contributed by atoms with van der Waals surface area (Å²) in [6.07, 6.45) is 0. The van der Waals surface area contributed by atoms with Gasteiger partial charge in [0.2, 0.25) is 0 Å². The monoisotopic (exact) mass is 383 g/mol. The Hall–Kier alpha value is -2.11. The zero-order valence-corrected chi connectivity index (χ0v) is 15.4. The van der Waals surface area contributed by atoms with Crippen molar-refractivity contribution < 1.29 is 19.4 Å². The number of carboxylic acids is 1. The van der Waals surface area contributed by atoms with Gasteiger partial charge in [-0.1, -0.05) is 23.2 Å². The number of nitrogens with one attached hydrogen (secondary N) is 1. The Morgan fingerprint density at radius 1 is 1.04 bits per heavy atom. The van der Waals surface area contributed by atoms with Crippen LogP contribution in [0.2, 0.25) is 10.0 Å². The number of halogens is 2. The van der Waals surface area contributed by atoms with E-state index in [1.807, 2.05) is 19.9 Å². The van der Waals surface area contributed by atoms with E-state index in [0.29, 0.717) is 42.0 Å². The lowest BCUT2D eigenvalue weighted by atomic mass is 10.1. The van der Waals surface area contributed by atoms with Gasteiger partial charge in [0.1, 0.15) is 0 Å². The van der Waals surface area contributed by atoms with Crippen molar-refractivity contribution in [2.24, 2.45) is 0 Å². The molecule has 134 valence electrons. The molecule has 25 heavy (non-hydrogen) atoms. The average Bonchev–Trinajstić information content (AvgIpc) is 2.57. The summed E-state index contributed by atoms with van der Waals surface area (Å²) in [7, 11) is 0. The van der Waals surface area contributed by atoms with Gasteiger partial charge in [0, 0.05) is 23.3 Å². The molecule has 2 aromatic carbocycles. The van der Waals surface area contributed by atoms with Gasteiger partial charge in [0.25, 0.3) is 0 Å². The molecule has 0 saturated carbocycles. The van der Waals surface area contributed by atoms with Crippen LogP contribution in [0, 0.1) is 0 Å². The van der Waals surface area contributed by atoms with Gasteiger partial charge in [0.15, 0.2) is 11.5 Å². The van der Waals surface area contributed by atoms with Crippen molar-refractivity contribution >= 4 is 34.9 Å². The Labute approximate surface area is 156 Å². The van der Waals surface area contributed by atoms with E-state index in [1.165, 1.54) is 6.07 Å². The number of ether oxygens (including phenoxy) is 2. The van der Waals surface area contributed by atoms with Crippen LogP contribution in [0.1, 0.15) is 29.8 Å². The fraction of sp³-hybridized carbons (Fsp3) is 0.278. The first-order valence-corrected chi connectivity index (χ1v) is 8.56. The quantitative estimate of drug-likeness (QED) is 0.663. The maximum absolute atomic E-state index is 11.2. The van der Waals surface area contributed by atoms with Crippen molar-refractivity contribution in [2.75, 3.05) is 18.5 Å². The van der Waals surface area contributed by atoms with Crippen molar-refractivity contribution in [3.05, 3.63) is 51.5 Å². The summed E-state index contributed by atoms with van der Waals surface area (Å²) in [5.41, 5.74) is 1.48. The Bertz CT molecular complexity index is 765. The predicted molar refractivity (Wildman–Crippen MR) is 99.5 cm³/mol. The lowest BCUT2D eigenvalue weighted by molar-refractivity contribution is 0.0697. The van der Waals surface area contributed by atoms with Crippen LogP contribution in [0.3, 0.4) is 0 Å². The first-order chi connectivity index (χ1) is 12.0. The number of rotatable bonds is 8. The number of hydrogen-bond donors (Lipinski definition) is 2. The largest absolute Gasteiger partial charge is 0.490 e. The first kappa shape index (κ1) is 19.2. The molecule has 2 aromatic rings. The Morgan fingerprint density at radius 2 is 1.68 bits per heavy atom. The highest BCUT2D eigenvalue weighted by Gasteiger charge is 2.12. The highest BCUT2D eigenvalue weighted by Crippen LogP contribution is 2.34. The number of anilines is 1. The van der Waals surface area contributed by atoms with Crippen LogP contribution in [0.4, 0.5) is 5.69 Å². The van der Waals surface area contributed by atoms with Crippen LogP contribution in [0.5, 0.6) is 11.5 Å². The van der Waals surface area contributed by atoms with Crippen LogP contribution in [-0.2, 0) is 6.54 Å². The number of hydrogen-bond acceptors (Lipinski definition) is 4. The van der Waals surface area contributed by atoms with Crippen molar-refractivity contribution in [2.45, 2.75) is 20.4 Å². The number of carbonyl (C=O) groups is 1. The smallest absolute Gasteiger partial charge is 0.337 e. The molecule has 0 aliphatic rings. The van der Waals surface area contributed by atoms with Crippen LogP contribution < -0.4 is 14.8 Å². The Kier molecular flexibility index (Phi) is 6.79. The molecule has 7 heteroatoms. The van der Waals surface area contributed by atoms with Gasteiger partial charge in [0.05, 0.1) is 23.8 Å². The molecule has 0 aliphatic heterocycles. The fourth-order valence-corrected chi connectivity index (χ4v) is 2.66. The van der Waals surface area contributed by atoms with E-state index in [4.69, 9.17) is 37.8 Å². The van der Waals surface area contributed by atoms with Crippen LogP contribution >= 0.6 is 23.2 Å². The van der Waals surface area contributed by atoms with Gasteiger partial charge in [-0.3, -0.25) is 0 Å². The predicted octanol–water partition coefficient (Wildman–Crippen LogP) is 5.10. The van der Waals surface area contributed by atoms with Crippen LogP contribution in [-0.4, -0.2) is 24.3 Å². The summed E-state index contributed by atoms with van der Waals surface area (Å²) in [6, 6.07) is 8.27. The molecule has 0 heterocycles. The molecule has 2 N–H and O–H groups in total. The minimum Gasteiger partial charge on any atom is -0.490 e. The van der Waals surface area contributed by atoms with Crippen molar-refractivity contribution in [3.63, 3.8) is 0 Å². The first-order valence-electron chi connectivity index (χ1n) is 7.81. The second kappa shape index (κ2) is 8.83. The standard InChI is InChI=1S/C18H19Cl2NO4/c1-3-24-16-7-11(15(20)9-17(16)25-4-2)10-21-12-5-6-14(19)13(8-12)18(22)23/h5-9,21H,3-4,10H2,1-2H3,(H,22,23). The summed E-state index contributed by atoms with van der Waals surface area (Å²) in [4.78, 5) is 11.2. The van der Waals surface area contributed by atoms with E-state index in [0.717, 1.165) is 5.56 Å². The maximum atomic E-state index is 11.2. The van der Waals surface area contributed by atoms with Gasteiger partial charge >= 0.3 is 5.97 Å². The summed E-state index contributed by atoms with van der Waals surface area (Å²) in [6.45, 7) is 5.19. The zero-order chi connectivity index (χ0) is 18.4. The molecule has 0 fully saturated rings. The molecule has 0 spiro atoms. The van der Waals surface area contributed by atoms with E-state index < -0.39 is 5.97 Å². The summed E-state index contributed by atoms with van der Waals surface area (Å²) < 4.78 is 11.1. The third-order valence-electron chi connectivity index (χ3n) is 3.39. The molecule has 0 unspecified atom stereocenters. The van der Waals surface area contributed by atoms with E-state index >= 15 is 0 Å². The van der Waals surface area contributed by atoms with Gasteiger partial charge < -0.3 is 19.9 Å². The van der Waals surface area contributed by atoms with Crippen LogP contribution in [0.15, 0.2) is 30.3 Å². The van der Waals surface area contributed by atoms with Gasteiger partial charge in [-0.05, 0) is 43.7 Å². The molecule has 2 rings (SSSR count). The summed E-state index contributed by atoms with van der Waals surface area (Å²) >= 11 is 12.2. The Balaban J connectivity index is 2.21. The molecule has 0 atom stereocenters. The van der Waals surface area contributed by atoms with E-state index in [9.17, 15) is 4.79 Å². The fourth-order valence-electron chi connectivity index (χ4n) is 2.25. The minimum absolute atomic E-state index is 0.0412. The lowest BCUT2D eigenvalue weighted by Gasteiger charge is -2.15. The minimum atomic E-state index is -1.08. The topological polar surface area (TPSA) is 67.8 Å². The summed E-state index contributed by atoms with van der Waals surface area (Å²) in [5, 5.41) is 13.0. The molecular formula is C18H19Cl2NO4. The van der Waals surface area contributed by atoms with Crippen LogP contribution in [0.25, 0.3) is 0 Å². The number of aromatic carboxylic acids is 1.